The SMILES string of the molecule is O[C@H]1CCN(c2ccnc(N3CCN(C/C=C/c4ccccc4)CC3)n2)C1. The van der Waals surface area contributed by atoms with E-state index in [1.807, 2.05) is 18.3 Å². The standard InChI is InChI=1S/C21H27N5O/c27-19-9-12-26(17-19)20-8-10-22-21(23-20)25-15-13-24(14-16-25)11-4-7-18-5-2-1-3-6-18/h1-8,10,19,27H,9,11-17H2/b7-4+/t19-/m0/s1. The van der Waals surface area contributed by atoms with Gasteiger partial charge in [-0.2, -0.15) is 4.98 Å². The molecule has 6 heteroatoms. The molecule has 0 bridgehead atoms. The van der Waals surface area contributed by atoms with Crippen LogP contribution >= 0.6 is 0 Å². The third kappa shape index (κ3) is 4.64. The molecule has 0 radical (unpaired) electrons. The second-order valence-electron chi connectivity index (χ2n) is 7.20. The first kappa shape index (κ1) is 17.9. The lowest BCUT2D eigenvalue weighted by molar-refractivity contribution is 0.198. The van der Waals surface area contributed by atoms with Crippen LogP contribution in [-0.4, -0.2) is 71.9 Å². The Labute approximate surface area is 160 Å². The molecule has 0 spiro atoms. The molecule has 1 N–H and O–H groups in total. The monoisotopic (exact) mass is 365 g/mol. The van der Waals surface area contributed by atoms with Crippen molar-refractivity contribution in [2.45, 2.75) is 12.5 Å². The maximum Gasteiger partial charge on any atom is 0.227 e. The number of aromatic nitrogens is 2. The van der Waals surface area contributed by atoms with Crippen molar-refractivity contribution in [2.24, 2.45) is 0 Å². The van der Waals surface area contributed by atoms with Crippen molar-refractivity contribution in [1.29, 1.82) is 0 Å². The zero-order valence-corrected chi connectivity index (χ0v) is 15.6. The van der Waals surface area contributed by atoms with Crippen LogP contribution in [0.2, 0.25) is 0 Å². The minimum absolute atomic E-state index is 0.240. The average molecular weight is 365 g/mol. The number of hydrogen-bond acceptors (Lipinski definition) is 6. The van der Waals surface area contributed by atoms with Crippen molar-refractivity contribution in [3.8, 4) is 0 Å². The maximum atomic E-state index is 9.75. The van der Waals surface area contributed by atoms with Crippen molar-refractivity contribution in [1.82, 2.24) is 14.9 Å². The summed E-state index contributed by atoms with van der Waals surface area (Å²) >= 11 is 0. The van der Waals surface area contributed by atoms with Gasteiger partial charge >= 0.3 is 0 Å². The number of rotatable bonds is 5. The number of piperazine rings is 1. The minimum Gasteiger partial charge on any atom is -0.391 e. The fourth-order valence-electron chi connectivity index (χ4n) is 3.65. The molecule has 1 atom stereocenters. The van der Waals surface area contributed by atoms with Crippen LogP contribution in [0.3, 0.4) is 0 Å². The lowest BCUT2D eigenvalue weighted by Gasteiger charge is -2.34. The number of β-amino-alcohol motifs (C(OH)–C–C–N with tert-alkyl or cyclic N) is 1. The van der Waals surface area contributed by atoms with Crippen LogP contribution in [0.15, 0.2) is 48.7 Å². The zero-order valence-electron chi connectivity index (χ0n) is 15.6. The summed E-state index contributed by atoms with van der Waals surface area (Å²) in [6.45, 7) is 6.38. The van der Waals surface area contributed by atoms with E-state index < -0.39 is 0 Å². The Bertz CT molecular complexity index is 758. The second kappa shape index (κ2) is 8.50. The largest absolute Gasteiger partial charge is 0.391 e. The highest BCUT2D eigenvalue weighted by Crippen LogP contribution is 2.20. The van der Waals surface area contributed by atoms with Gasteiger partial charge in [-0.25, -0.2) is 4.98 Å². The minimum atomic E-state index is -0.240. The molecule has 0 saturated carbocycles. The Morgan fingerprint density at radius 3 is 2.56 bits per heavy atom. The molecule has 2 aliphatic rings. The smallest absolute Gasteiger partial charge is 0.227 e. The molecule has 6 nitrogen and oxygen atoms in total. The predicted octanol–water partition coefficient (Wildman–Crippen LogP) is 1.88. The Hall–Kier alpha value is -2.44. The molecule has 2 saturated heterocycles. The Kier molecular flexibility index (Phi) is 5.65. The number of nitrogens with zero attached hydrogens (tertiary/aromatic N) is 5. The van der Waals surface area contributed by atoms with Crippen molar-refractivity contribution in [2.75, 3.05) is 55.6 Å². The first-order valence-electron chi connectivity index (χ1n) is 9.73. The Balaban J connectivity index is 1.29. The van der Waals surface area contributed by atoms with Gasteiger partial charge < -0.3 is 14.9 Å². The van der Waals surface area contributed by atoms with E-state index in [-0.39, 0.29) is 6.10 Å². The van der Waals surface area contributed by atoms with E-state index >= 15 is 0 Å². The van der Waals surface area contributed by atoms with E-state index in [1.54, 1.807) is 0 Å². The average Bonchev–Trinajstić information content (AvgIpc) is 3.16. The summed E-state index contributed by atoms with van der Waals surface area (Å²) in [5.74, 6) is 1.72. The number of benzene rings is 1. The highest BCUT2D eigenvalue weighted by atomic mass is 16.3. The van der Waals surface area contributed by atoms with Gasteiger partial charge in [-0.3, -0.25) is 4.90 Å². The lowest BCUT2D eigenvalue weighted by atomic mass is 10.2. The van der Waals surface area contributed by atoms with Gasteiger partial charge in [0.05, 0.1) is 6.10 Å². The third-order valence-electron chi connectivity index (χ3n) is 5.24. The van der Waals surface area contributed by atoms with E-state index in [4.69, 9.17) is 4.98 Å². The molecule has 0 aliphatic carbocycles. The van der Waals surface area contributed by atoms with Gasteiger partial charge in [-0.15, -0.1) is 0 Å². The van der Waals surface area contributed by atoms with Gasteiger partial charge in [0, 0.05) is 52.0 Å². The summed E-state index contributed by atoms with van der Waals surface area (Å²) in [7, 11) is 0. The lowest BCUT2D eigenvalue weighted by Crippen LogP contribution is -2.47. The third-order valence-corrected chi connectivity index (χ3v) is 5.24. The fraction of sp³-hybridized carbons (Fsp3) is 0.429. The van der Waals surface area contributed by atoms with Gasteiger partial charge in [0.2, 0.25) is 5.95 Å². The summed E-state index contributed by atoms with van der Waals surface area (Å²) in [4.78, 5) is 16.1. The topological polar surface area (TPSA) is 55.7 Å². The van der Waals surface area contributed by atoms with Crippen LogP contribution < -0.4 is 9.80 Å². The van der Waals surface area contributed by atoms with Crippen LogP contribution in [0.25, 0.3) is 6.08 Å². The fourth-order valence-corrected chi connectivity index (χ4v) is 3.65. The number of anilines is 2. The van der Waals surface area contributed by atoms with Crippen molar-refractivity contribution < 1.29 is 5.11 Å². The van der Waals surface area contributed by atoms with E-state index in [0.29, 0.717) is 6.54 Å². The molecule has 2 fully saturated rings. The normalized spacial score (nSPS) is 21.3. The number of aliphatic hydroxyl groups excluding tert-OH is 1. The van der Waals surface area contributed by atoms with Gasteiger partial charge in [0.1, 0.15) is 5.82 Å². The van der Waals surface area contributed by atoms with Gasteiger partial charge in [-0.05, 0) is 18.1 Å². The highest BCUT2D eigenvalue weighted by molar-refractivity contribution is 5.49. The Morgan fingerprint density at radius 2 is 1.81 bits per heavy atom. The van der Waals surface area contributed by atoms with Gasteiger partial charge in [-0.1, -0.05) is 42.5 Å². The first-order valence-corrected chi connectivity index (χ1v) is 9.73. The molecule has 0 unspecified atom stereocenters. The Morgan fingerprint density at radius 1 is 1.00 bits per heavy atom. The van der Waals surface area contributed by atoms with E-state index in [2.05, 4.69) is 56.1 Å². The van der Waals surface area contributed by atoms with Crippen LogP contribution in [0.4, 0.5) is 11.8 Å². The van der Waals surface area contributed by atoms with Crippen LogP contribution in [-0.2, 0) is 0 Å². The van der Waals surface area contributed by atoms with E-state index in [0.717, 1.165) is 57.5 Å². The highest BCUT2D eigenvalue weighted by Gasteiger charge is 2.23. The summed E-state index contributed by atoms with van der Waals surface area (Å²) in [6.07, 6.45) is 6.83. The van der Waals surface area contributed by atoms with Crippen molar-refractivity contribution in [3.63, 3.8) is 0 Å². The van der Waals surface area contributed by atoms with Crippen molar-refractivity contribution in [3.05, 3.63) is 54.2 Å². The molecule has 4 rings (SSSR count). The van der Waals surface area contributed by atoms with Crippen LogP contribution in [0.1, 0.15) is 12.0 Å². The molecule has 2 aromatic rings. The van der Waals surface area contributed by atoms with E-state index in [1.165, 1.54) is 5.56 Å². The molecule has 1 aromatic carbocycles. The molecule has 1 aromatic heterocycles. The molecular weight excluding hydrogens is 338 g/mol. The van der Waals surface area contributed by atoms with Crippen LogP contribution in [0.5, 0.6) is 0 Å². The summed E-state index contributed by atoms with van der Waals surface area (Å²) in [5, 5.41) is 9.75. The molecule has 27 heavy (non-hydrogen) atoms. The number of hydrogen-bond donors (Lipinski definition) is 1. The molecule has 0 amide bonds. The zero-order chi connectivity index (χ0) is 18.5. The molecular formula is C21H27N5O. The van der Waals surface area contributed by atoms with Gasteiger partial charge in [0.15, 0.2) is 0 Å². The quantitative estimate of drug-likeness (QED) is 0.873. The van der Waals surface area contributed by atoms with Crippen molar-refractivity contribution >= 4 is 17.8 Å². The second-order valence-corrected chi connectivity index (χ2v) is 7.20. The van der Waals surface area contributed by atoms with E-state index in [9.17, 15) is 5.11 Å². The molecule has 142 valence electrons. The first-order chi connectivity index (χ1) is 13.3. The summed E-state index contributed by atoms with van der Waals surface area (Å²) in [5.41, 5.74) is 1.24. The predicted molar refractivity (Wildman–Crippen MR) is 109 cm³/mol. The molecule has 2 aliphatic heterocycles. The number of aliphatic hydroxyl groups is 1. The molecule has 3 heterocycles. The van der Waals surface area contributed by atoms with Gasteiger partial charge in [0.25, 0.3) is 0 Å². The summed E-state index contributed by atoms with van der Waals surface area (Å²) < 4.78 is 0. The maximum absolute atomic E-state index is 9.75. The summed E-state index contributed by atoms with van der Waals surface area (Å²) in [6, 6.07) is 12.4. The van der Waals surface area contributed by atoms with Crippen LogP contribution in [0, 0.1) is 0 Å².